The fourth-order valence-corrected chi connectivity index (χ4v) is 4.03. The van der Waals surface area contributed by atoms with Crippen LogP contribution in [0, 0.1) is 5.82 Å². The van der Waals surface area contributed by atoms with Gasteiger partial charge in [-0.15, -0.1) is 0 Å². The van der Waals surface area contributed by atoms with Crippen molar-refractivity contribution in [2.24, 2.45) is 0 Å². The molecule has 1 aromatic carbocycles. The molecule has 156 valence electrons. The number of halogens is 1. The first-order valence-electron chi connectivity index (χ1n) is 10.2. The van der Waals surface area contributed by atoms with Crippen LogP contribution in [-0.2, 0) is 0 Å². The molecular formula is C21H28FN5O2. The summed E-state index contributed by atoms with van der Waals surface area (Å²) in [6.45, 7) is 9.97. The van der Waals surface area contributed by atoms with E-state index >= 15 is 0 Å². The van der Waals surface area contributed by atoms with Crippen LogP contribution in [0.2, 0.25) is 0 Å². The standard InChI is InChI=1S/C21H28FN5O2/c1-13(2)17-15-6-5-7-16(22)18(15)27(24-17)20-23-19(29-25-20)14-8-10-26(11-9-14)21(3,4)12-28/h5-7,13-14,28H,8-12H2,1-4H3. The third-order valence-electron chi connectivity index (χ3n) is 5.94. The predicted molar refractivity (Wildman–Crippen MR) is 108 cm³/mol. The van der Waals surface area contributed by atoms with Crippen LogP contribution < -0.4 is 0 Å². The van der Waals surface area contributed by atoms with Crippen LogP contribution in [-0.4, -0.2) is 55.2 Å². The minimum Gasteiger partial charge on any atom is -0.394 e. The van der Waals surface area contributed by atoms with Gasteiger partial charge in [0.15, 0.2) is 0 Å². The first-order chi connectivity index (χ1) is 13.8. The van der Waals surface area contributed by atoms with Crippen molar-refractivity contribution in [2.75, 3.05) is 19.7 Å². The van der Waals surface area contributed by atoms with Crippen LogP contribution in [0.25, 0.3) is 16.9 Å². The van der Waals surface area contributed by atoms with Crippen molar-refractivity contribution in [1.82, 2.24) is 24.8 Å². The molecule has 1 N–H and O–H groups in total. The molecule has 1 saturated heterocycles. The van der Waals surface area contributed by atoms with Crippen molar-refractivity contribution in [3.05, 3.63) is 35.6 Å². The second-order valence-electron chi connectivity index (χ2n) is 8.75. The second-order valence-corrected chi connectivity index (χ2v) is 8.75. The van der Waals surface area contributed by atoms with E-state index in [1.165, 1.54) is 10.7 Å². The fourth-order valence-electron chi connectivity index (χ4n) is 4.03. The molecule has 0 radical (unpaired) electrons. The Bertz CT molecular complexity index is 1000. The minimum atomic E-state index is -0.354. The molecule has 0 atom stereocenters. The Hall–Kier alpha value is -2.32. The molecule has 8 heteroatoms. The van der Waals surface area contributed by atoms with Gasteiger partial charge < -0.3 is 9.63 Å². The lowest BCUT2D eigenvalue weighted by molar-refractivity contribution is 0.0352. The summed E-state index contributed by atoms with van der Waals surface area (Å²) < 4.78 is 21.6. The number of likely N-dealkylation sites (tertiary alicyclic amines) is 1. The van der Waals surface area contributed by atoms with Crippen LogP contribution in [0.4, 0.5) is 4.39 Å². The Morgan fingerprint density at radius 1 is 1.28 bits per heavy atom. The molecule has 3 heterocycles. The molecular weight excluding hydrogens is 373 g/mol. The number of fused-ring (bicyclic) bond motifs is 1. The van der Waals surface area contributed by atoms with Gasteiger partial charge in [0, 0.05) is 16.8 Å². The molecule has 0 unspecified atom stereocenters. The number of hydrogen-bond acceptors (Lipinski definition) is 6. The van der Waals surface area contributed by atoms with E-state index in [9.17, 15) is 9.50 Å². The summed E-state index contributed by atoms with van der Waals surface area (Å²) in [7, 11) is 0. The maximum absolute atomic E-state index is 14.6. The zero-order chi connectivity index (χ0) is 20.8. The SMILES string of the molecule is CC(C)c1nn(-c2noc(C3CCN(C(C)(C)CO)CC3)n2)c2c(F)cccc12. The molecule has 0 spiro atoms. The lowest BCUT2D eigenvalue weighted by atomic mass is 9.92. The summed E-state index contributed by atoms with van der Waals surface area (Å²) >= 11 is 0. The molecule has 29 heavy (non-hydrogen) atoms. The topological polar surface area (TPSA) is 80.2 Å². The van der Waals surface area contributed by atoms with Crippen molar-refractivity contribution in [3.8, 4) is 5.95 Å². The van der Waals surface area contributed by atoms with Gasteiger partial charge in [0.25, 0.3) is 5.95 Å². The summed E-state index contributed by atoms with van der Waals surface area (Å²) in [5, 5.41) is 19.0. The van der Waals surface area contributed by atoms with Gasteiger partial charge in [-0.25, -0.2) is 4.39 Å². The number of piperidine rings is 1. The first kappa shape index (κ1) is 20.0. The van der Waals surface area contributed by atoms with Gasteiger partial charge in [0.05, 0.1) is 12.3 Å². The Labute approximate surface area is 169 Å². The maximum atomic E-state index is 14.6. The summed E-state index contributed by atoms with van der Waals surface area (Å²) in [5.41, 5.74) is 0.956. The lowest BCUT2D eigenvalue weighted by Gasteiger charge is -2.41. The van der Waals surface area contributed by atoms with E-state index in [2.05, 4.69) is 20.1 Å². The van der Waals surface area contributed by atoms with E-state index in [1.54, 1.807) is 6.07 Å². The lowest BCUT2D eigenvalue weighted by Crippen LogP contribution is -2.50. The third-order valence-corrected chi connectivity index (χ3v) is 5.94. The van der Waals surface area contributed by atoms with Crippen LogP contribution >= 0.6 is 0 Å². The smallest absolute Gasteiger partial charge is 0.291 e. The van der Waals surface area contributed by atoms with Crippen LogP contribution in [0.3, 0.4) is 0 Å². The van der Waals surface area contributed by atoms with Gasteiger partial charge in [0.1, 0.15) is 11.3 Å². The zero-order valence-corrected chi connectivity index (χ0v) is 17.4. The average Bonchev–Trinajstić information content (AvgIpc) is 3.33. The van der Waals surface area contributed by atoms with Gasteiger partial charge in [-0.2, -0.15) is 14.8 Å². The second kappa shape index (κ2) is 7.50. The number of aliphatic hydroxyl groups is 1. The average molecular weight is 401 g/mol. The predicted octanol–water partition coefficient (Wildman–Crippen LogP) is 3.62. The van der Waals surface area contributed by atoms with Gasteiger partial charge in [-0.3, -0.25) is 4.90 Å². The normalized spacial score (nSPS) is 16.9. The number of aromatic nitrogens is 4. The third kappa shape index (κ3) is 3.55. The van der Waals surface area contributed by atoms with E-state index in [1.807, 2.05) is 33.8 Å². The Morgan fingerprint density at radius 2 is 2.00 bits per heavy atom. The monoisotopic (exact) mass is 401 g/mol. The number of hydrogen-bond donors (Lipinski definition) is 1. The summed E-state index contributed by atoms with van der Waals surface area (Å²) in [6.07, 6.45) is 1.74. The van der Waals surface area contributed by atoms with Crippen molar-refractivity contribution in [1.29, 1.82) is 0 Å². The molecule has 7 nitrogen and oxygen atoms in total. The minimum absolute atomic E-state index is 0.124. The summed E-state index contributed by atoms with van der Waals surface area (Å²) in [4.78, 5) is 6.85. The van der Waals surface area contributed by atoms with Crippen molar-refractivity contribution in [2.45, 2.75) is 57.9 Å². The molecule has 0 bridgehead atoms. The molecule has 0 aliphatic carbocycles. The Morgan fingerprint density at radius 3 is 2.66 bits per heavy atom. The summed E-state index contributed by atoms with van der Waals surface area (Å²) in [6, 6.07) is 4.99. The van der Waals surface area contributed by atoms with Crippen LogP contribution in [0.5, 0.6) is 0 Å². The Balaban J connectivity index is 1.61. The summed E-state index contributed by atoms with van der Waals surface area (Å²) in [5.74, 6) is 0.768. The van der Waals surface area contributed by atoms with Crippen LogP contribution in [0.15, 0.2) is 22.7 Å². The highest BCUT2D eigenvalue weighted by Crippen LogP contribution is 2.32. The number of para-hydroxylation sites is 1. The number of benzene rings is 1. The van der Waals surface area contributed by atoms with E-state index in [0.717, 1.165) is 37.0 Å². The molecule has 0 amide bonds. The van der Waals surface area contributed by atoms with E-state index < -0.39 is 0 Å². The largest absolute Gasteiger partial charge is 0.394 e. The first-order valence-corrected chi connectivity index (χ1v) is 10.2. The van der Waals surface area contributed by atoms with E-state index in [-0.39, 0.29) is 35.7 Å². The molecule has 3 aromatic rings. The fraction of sp³-hybridized carbons (Fsp3) is 0.571. The Kier molecular flexibility index (Phi) is 5.16. The molecule has 2 aromatic heterocycles. The number of nitrogens with zero attached hydrogens (tertiary/aromatic N) is 5. The van der Waals surface area contributed by atoms with Gasteiger partial charge in [0.2, 0.25) is 5.89 Å². The van der Waals surface area contributed by atoms with Crippen molar-refractivity contribution >= 4 is 10.9 Å². The van der Waals surface area contributed by atoms with E-state index in [4.69, 9.17) is 4.52 Å². The molecule has 0 saturated carbocycles. The molecule has 1 fully saturated rings. The van der Waals surface area contributed by atoms with E-state index in [0.29, 0.717) is 11.4 Å². The van der Waals surface area contributed by atoms with Crippen molar-refractivity contribution < 1.29 is 14.0 Å². The maximum Gasteiger partial charge on any atom is 0.291 e. The zero-order valence-electron chi connectivity index (χ0n) is 17.4. The highest BCUT2D eigenvalue weighted by Gasteiger charge is 2.33. The van der Waals surface area contributed by atoms with Crippen molar-refractivity contribution in [3.63, 3.8) is 0 Å². The van der Waals surface area contributed by atoms with Gasteiger partial charge in [-0.1, -0.05) is 26.0 Å². The highest BCUT2D eigenvalue weighted by molar-refractivity contribution is 5.84. The quantitative estimate of drug-likeness (QED) is 0.703. The molecule has 1 aliphatic rings. The molecule has 4 rings (SSSR count). The van der Waals surface area contributed by atoms with Gasteiger partial charge in [-0.05, 0) is 56.9 Å². The highest BCUT2D eigenvalue weighted by atomic mass is 19.1. The van der Waals surface area contributed by atoms with Gasteiger partial charge >= 0.3 is 0 Å². The molecule has 1 aliphatic heterocycles. The number of rotatable bonds is 5. The van der Waals surface area contributed by atoms with Crippen LogP contribution in [0.1, 0.15) is 64.0 Å². The number of aliphatic hydroxyl groups excluding tert-OH is 1.